The highest BCUT2D eigenvalue weighted by Crippen LogP contribution is 2.49. The molecule has 2 N–H and O–H groups in total. The van der Waals surface area contributed by atoms with Gasteiger partial charge in [-0.3, -0.25) is 0 Å². The summed E-state index contributed by atoms with van der Waals surface area (Å²) in [5.41, 5.74) is 7.53. The van der Waals surface area contributed by atoms with Crippen LogP contribution >= 0.6 is 11.6 Å². The Hall–Kier alpha value is -0.530. The Morgan fingerprint density at radius 3 is 2.72 bits per heavy atom. The Morgan fingerprint density at radius 2 is 2.06 bits per heavy atom. The summed E-state index contributed by atoms with van der Waals surface area (Å²) >= 11 is 6.19. The van der Waals surface area contributed by atoms with Crippen LogP contribution in [0.3, 0.4) is 0 Å². The van der Waals surface area contributed by atoms with E-state index in [1.165, 1.54) is 37.7 Å². The standard InChI is InChI=1S/C16H22ClN/c17-16-4-2-1-3-13(16)9-15(18)10-14-8-11-5-6-12(14)7-11/h1-4,11-12,14-15H,5-10,18H2. The van der Waals surface area contributed by atoms with Gasteiger partial charge in [-0.25, -0.2) is 0 Å². The minimum absolute atomic E-state index is 0.272. The normalized spacial score (nSPS) is 31.8. The van der Waals surface area contributed by atoms with Crippen LogP contribution in [0.2, 0.25) is 5.02 Å². The molecule has 0 amide bonds. The number of fused-ring (bicyclic) bond motifs is 2. The van der Waals surface area contributed by atoms with Gasteiger partial charge in [0.1, 0.15) is 0 Å². The van der Waals surface area contributed by atoms with Gasteiger partial charge in [-0.05, 0) is 61.5 Å². The van der Waals surface area contributed by atoms with Crippen LogP contribution in [0, 0.1) is 17.8 Å². The molecule has 18 heavy (non-hydrogen) atoms. The predicted octanol–water partition coefficient (Wildman–Crippen LogP) is 4.04. The van der Waals surface area contributed by atoms with Gasteiger partial charge in [0.2, 0.25) is 0 Å². The van der Waals surface area contributed by atoms with Crippen LogP contribution < -0.4 is 5.73 Å². The Labute approximate surface area is 115 Å². The van der Waals surface area contributed by atoms with E-state index in [0.29, 0.717) is 0 Å². The molecule has 0 heterocycles. The van der Waals surface area contributed by atoms with Crippen molar-refractivity contribution in [2.75, 3.05) is 0 Å². The fraction of sp³-hybridized carbons (Fsp3) is 0.625. The summed E-state index contributed by atoms with van der Waals surface area (Å²) < 4.78 is 0. The lowest BCUT2D eigenvalue weighted by molar-refractivity contribution is 0.294. The zero-order chi connectivity index (χ0) is 12.5. The van der Waals surface area contributed by atoms with Crippen LogP contribution in [0.25, 0.3) is 0 Å². The lowest BCUT2D eigenvalue weighted by atomic mass is 9.83. The van der Waals surface area contributed by atoms with Gasteiger partial charge in [-0.2, -0.15) is 0 Å². The van der Waals surface area contributed by atoms with Gasteiger partial charge >= 0.3 is 0 Å². The number of halogens is 1. The van der Waals surface area contributed by atoms with Crippen LogP contribution in [-0.4, -0.2) is 6.04 Å². The molecule has 1 nitrogen and oxygen atoms in total. The first-order chi connectivity index (χ1) is 8.72. The molecule has 4 atom stereocenters. The highest BCUT2D eigenvalue weighted by molar-refractivity contribution is 6.31. The molecule has 3 rings (SSSR count). The first kappa shape index (κ1) is 12.5. The topological polar surface area (TPSA) is 26.0 Å². The second-order valence-corrected chi connectivity index (χ2v) is 6.63. The van der Waals surface area contributed by atoms with Gasteiger partial charge in [0, 0.05) is 11.1 Å². The molecule has 2 aliphatic rings. The molecule has 4 unspecified atom stereocenters. The molecule has 2 fully saturated rings. The van der Waals surface area contributed by atoms with Crippen LogP contribution in [-0.2, 0) is 6.42 Å². The van der Waals surface area contributed by atoms with Crippen molar-refractivity contribution in [3.05, 3.63) is 34.9 Å². The lowest BCUT2D eigenvalue weighted by Gasteiger charge is -2.24. The zero-order valence-corrected chi connectivity index (χ0v) is 11.6. The van der Waals surface area contributed by atoms with E-state index in [2.05, 4.69) is 6.07 Å². The highest BCUT2D eigenvalue weighted by atomic mass is 35.5. The number of hydrogen-bond acceptors (Lipinski definition) is 1. The van der Waals surface area contributed by atoms with Crippen molar-refractivity contribution < 1.29 is 0 Å². The van der Waals surface area contributed by atoms with Crippen molar-refractivity contribution >= 4 is 11.6 Å². The molecule has 0 spiro atoms. The third kappa shape index (κ3) is 2.57. The van der Waals surface area contributed by atoms with Crippen LogP contribution in [0.1, 0.15) is 37.7 Å². The molecule has 2 heteroatoms. The van der Waals surface area contributed by atoms with E-state index in [1.54, 1.807) is 0 Å². The second-order valence-electron chi connectivity index (χ2n) is 6.23. The van der Waals surface area contributed by atoms with Gasteiger partial charge in [0.15, 0.2) is 0 Å². The summed E-state index contributed by atoms with van der Waals surface area (Å²) in [4.78, 5) is 0. The van der Waals surface area contributed by atoms with Crippen molar-refractivity contribution in [2.45, 2.75) is 44.6 Å². The predicted molar refractivity (Wildman–Crippen MR) is 76.7 cm³/mol. The minimum Gasteiger partial charge on any atom is -0.327 e. The average Bonchev–Trinajstić information content (AvgIpc) is 2.94. The molecule has 2 bridgehead atoms. The summed E-state index contributed by atoms with van der Waals surface area (Å²) in [5.74, 6) is 2.89. The van der Waals surface area contributed by atoms with E-state index in [0.717, 1.165) is 29.2 Å². The number of hydrogen-bond donors (Lipinski definition) is 1. The van der Waals surface area contributed by atoms with E-state index < -0.39 is 0 Å². The SMILES string of the molecule is NC(Cc1ccccc1Cl)CC1CC2CCC1C2. The molecular formula is C16H22ClN. The van der Waals surface area contributed by atoms with Crippen molar-refractivity contribution in [1.82, 2.24) is 0 Å². The van der Waals surface area contributed by atoms with Crippen molar-refractivity contribution in [3.8, 4) is 0 Å². The Balaban J connectivity index is 1.56. The molecule has 0 aromatic heterocycles. The van der Waals surface area contributed by atoms with Gasteiger partial charge in [-0.15, -0.1) is 0 Å². The Morgan fingerprint density at radius 1 is 1.22 bits per heavy atom. The fourth-order valence-corrected chi connectivity index (χ4v) is 4.30. The largest absolute Gasteiger partial charge is 0.327 e. The maximum atomic E-state index is 6.33. The van der Waals surface area contributed by atoms with Gasteiger partial charge in [0.05, 0.1) is 0 Å². The molecule has 98 valence electrons. The highest BCUT2D eigenvalue weighted by Gasteiger charge is 2.39. The summed E-state index contributed by atoms with van der Waals surface area (Å²) in [6.07, 6.45) is 7.94. The number of rotatable bonds is 4. The summed E-state index contributed by atoms with van der Waals surface area (Å²) in [7, 11) is 0. The van der Waals surface area contributed by atoms with Crippen molar-refractivity contribution in [1.29, 1.82) is 0 Å². The molecular weight excluding hydrogens is 242 g/mol. The van der Waals surface area contributed by atoms with Gasteiger partial charge < -0.3 is 5.73 Å². The molecule has 1 aromatic carbocycles. The molecule has 0 saturated heterocycles. The zero-order valence-electron chi connectivity index (χ0n) is 10.8. The Bertz CT molecular complexity index is 417. The third-order valence-corrected chi connectivity index (χ3v) is 5.30. The van der Waals surface area contributed by atoms with E-state index in [4.69, 9.17) is 17.3 Å². The van der Waals surface area contributed by atoms with Crippen molar-refractivity contribution in [3.63, 3.8) is 0 Å². The molecule has 2 saturated carbocycles. The molecule has 2 aliphatic carbocycles. The molecule has 0 aliphatic heterocycles. The number of benzene rings is 1. The van der Waals surface area contributed by atoms with Crippen LogP contribution in [0.5, 0.6) is 0 Å². The van der Waals surface area contributed by atoms with Crippen LogP contribution in [0.15, 0.2) is 24.3 Å². The van der Waals surface area contributed by atoms with Gasteiger partial charge in [0.25, 0.3) is 0 Å². The summed E-state index contributed by atoms with van der Waals surface area (Å²) in [6.45, 7) is 0. The summed E-state index contributed by atoms with van der Waals surface area (Å²) in [6, 6.07) is 8.36. The smallest absolute Gasteiger partial charge is 0.0438 e. The fourth-order valence-electron chi connectivity index (χ4n) is 4.08. The summed E-state index contributed by atoms with van der Waals surface area (Å²) in [5, 5.41) is 0.862. The van der Waals surface area contributed by atoms with E-state index >= 15 is 0 Å². The maximum absolute atomic E-state index is 6.33. The average molecular weight is 264 g/mol. The second kappa shape index (κ2) is 5.22. The number of nitrogens with two attached hydrogens (primary N) is 1. The van der Waals surface area contributed by atoms with E-state index in [1.807, 2.05) is 18.2 Å². The van der Waals surface area contributed by atoms with E-state index in [-0.39, 0.29) is 6.04 Å². The Kier molecular flexibility index (Phi) is 3.63. The first-order valence-electron chi connectivity index (χ1n) is 7.21. The van der Waals surface area contributed by atoms with Crippen molar-refractivity contribution in [2.24, 2.45) is 23.5 Å². The maximum Gasteiger partial charge on any atom is 0.0438 e. The van der Waals surface area contributed by atoms with Gasteiger partial charge in [-0.1, -0.05) is 36.2 Å². The lowest BCUT2D eigenvalue weighted by Crippen LogP contribution is -2.28. The molecule has 1 aromatic rings. The third-order valence-electron chi connectivity index (χ3n) is 4.93. The first-order valence-corrected chi connectivity index (χ1v) is 7.59. The van der Waals surface area contributed by atoms with Crippen LogP contribution in [0.4, 0.5) is 0 Å². The van der Waals surface area contributed by atoms with E-state index in [9.17, 15) is 0 Å². The minimum atomic E-state index is 0.272. The molecule has 0 radical (unpaired) electrons. The quantitative estimate of drug-likeness (QED) is 0.872. The monoisotopic (exact) mass is 263 g/mol.